The summed E-state index contributed by atoms with van der Waals surface area (Å²) in [5.41, 5.74) is 9.34. The second kappa shape index (κ2) is 7.50. The van der Waals surface area contributed by atoms with Crippen molar-refractivity contribution in [2.45, 2.75) is 26.7 Å². The molecule has 2 aromatic carbocycles. The highest BCUT2D eigenvalue weighted by atomic mass is 16.5. The van der Waals surface area contributed by atoms with Crippen LogP contribution in [0.15, 0.2) is 42.5 Å². The van der Waals surface area contributed by atoms with E-state index in [2.05, 4.69) is 18.3 Å². The number of carbonyl (C=O) groups excluding carboxylic acids is 1. The second-order valence-electron chi connectivity index (χ2n) is 5.22. The number of hydrogen-bond donors (Lipinski definition) is 2. The van der Waals surface area contributed by atoms with Crippen LogP contribution >= 0.6 is 0 Å². The van der Waals surface area contributed by atoms with Gasteiger partial charge in [-0.1, -0.05) is 19.1 Å². The van der Waals surface area contributed by atoms with Crippen molar-refractivity contribution in [3.05, 3.63) is 53.6 Å². The Hall–Kier alpha value is -2.49. The number of amides is 1. The lowest BCUT2D eigenvalue weighted by Gasteiger charge is -2.10. The van der Waals surface area contributed by atoms with Crippen LogP contribution in [0.1, 0.15) is 24.5 Å². The first kappa shape index (κ1) is 15.9. The third kappa shape index (κ3) is 4.52. The Morgan fingerprint density at radius 1 is 1.23 bits per heavy atom. The van der Waals surface area contributed by atoms with Crippen LogP contribution in [0.5, 0.6) is 5.75 Å². The molecule has 4 nitrogen and oxygen atoms in total. The van der Waals surface area contributed by atoms with Crippen LogP contribution in [-0.2, 0) is 11.2 Å². The van der Waals surface area contributed by atoms with Crippen molar-refractivity contribution < 1.29 is 9.53 Å². The third-order valence-electron chi connectivity index (χ3n) is 3.43. The summed E-state index contributed by atoms with van der Waals surface area (Å²) in [7, 11) is 0. The maximum atomic E-state index is 11.9. The van der Waals surface area contributed by atoms with E-state index in [0.717, 1.165) is 23.4 Å². The van der Waals surface area contributed by atoms with Gasteiger partial charge in [-0.25, -0.2) is 0 Å². The summed E-state index contributed by atoms with van der Waals surface area (Å²) in [5, 5.41) is 2.87. The van der Waals surface area contributed by atoms with Crippen LogP contribution in [0.25, 0.3) is 0 Å². The highest BCUT2D eigenvalue weighted by Gasteiger charge is 2.05. The average molecular weight is 298 g/mol. The molecule has 0 aliphatic carbocycles. The number of nitrogens with two attached hydrogens (primary N) is 1. The standard InChI is InChI=1S/C18H22N2O2/c1-3-14-5-4-6-16(12-14)22-10-9-18(21)20-17-8-7-15(19)11-13(17)2/h4-8,11-12H,3,9-10,19H2,1-2H3,(H,20,21). The minimum atomic E-state index is -0.0699. The largest absolute Gasteiger partial charge is 0.493 e. The zero-order valence-corrected chi connectivity index (χ0v) is 13.1. The monoisotopic (exact) mass is 298 g/mol. The van der Waals surface area contributed by atoms with Gasteiger partial charge in [-0.05, 0) is 54.8 Å². The first-order chi connectivity index (χ1) is 10.6. The maximum absolute atomic E-state index is 11.9. The van der Waals surface area contributed by atoms with E-state index in [1.807, 2.05) is 37.3 Å². The number of carbonyl (C=O) groups is 1. The molecule has 0 fully saturated rings. The molecule has 3 N–H and O–H groups in total. The van der Waals surface area contributed by atoms with Crippen LogP contribution < -0.4 is 15.8 Å². The molecule has 0 saturated carbocycles. The van der Waals surface area contributed by atoms with E-state index in [4.69, 9.17) is 10.5 Å². The summed E-state index contributed by atoms with van der Waals surface area (Å²) in [6.07, 6.45) is 1.27. The van der Waals surface area contributed by atoms with Crippen molar-refractivity contribution in [1.29, 1.82) is 0 Å². The van der Waals surface area contributed by atoms with Gasteiger partial charge in [0.05, 0.1) is 13.0 Å². The lowest BCUT2D eigenvalue weighted by atomic mass is 10.1. The zero-order chi connectivity index (χ0) is 15.9. The minimum absolute atomic E-state index is 0.0699. The Morgan fingerprint density at radius 3 is 2.77 bits per heavy atom. The fourth-order valence-electron chi connectivity index (χ4n) is 2.16. The topological polar surface area (TPSA) is 64.3 Å². The van der Waals surface area contributed by atoms with Gasteiger partial charge in [0.25, 0.3) is 0 Å². The zero-order valence-electron chi connectivity index (χ0n) is 13.1. The van der Waals surface area contributed by atoms with Crippen LogP contribution in [0.3, 0.4) is 0 Å². The summed E-state index contributed by atoms with van der Waals surface area (Å²) in [4.78, 5) is 11.9. The predicted molar refractivity (Wildman–Crippen MR) is 90.2 cm³/mol. The molecular formula is C18H22N2O2. The number of anilines is 2. The second-order valence-corrected chi connectivity index (χ2v) is 5.22. The predicted octanol–water partition coefficient (Wildman–Crippen LogP) is 3.55. The number of benzene rings is 2. The molecule has 0 bridgehead atoms. The highest BCUT2D eigenvalue weighted by molar-refractivity contribution is 5.91. The molecule has 0 aliphatic rings. The van der Waals surface area contributed by atoms with Gasteiger partial charge in [-0.2, -0.15) is 0 Å². The van der Waals surface area contributed by atoms with E-state index < -0.39 is 0 Å². The smallest absolute Gasteiger partial charge is 0.227 e. The molecule has 0 saturated heterocycles. The molecule has 22 heavy (non-hydrogen) atoms. The van der Waals surface area contributed by atoms with E-state index in [1.165, 1.54) is 5.56 Å². The molecule has 4 heteroatoms. The molecule has 0 heterocycles. The fourth-order valence-corrected chi connectivity index (χ4v) is 2.16. The van der Waals surface area contributed by atoms with Crippen molar-refractivity contribution in [1.82, 2.24) is 0 Å². The van der Waals surface area contributed by atoms with Crippen LogP contribution in [0.2, 0.25) is 0 Å². The minimum Gasteiger partial charge on any atom is -0.493 e. The van der Waals surface area contributed by atoms with Crippen molar-refractivity contribution in [3.8, 4) is 5.75 Å². The van der Waals surface area contributed by atoms with Gasteiger partial charge >= 0.3 is 0 Å². The van der Waals surface area contributed by atoms with Gasteiger partial charge in [-0.3, -0.25) is 4.79 Å². The molecule has 0 radical (unpaired) electrons. The molecule has 0 unspecified atom stereocenters. The summed E-state index contributed by atoms with van der Waals surface area (Å²) < 4.78 is 5.63. The van der Waals surface area contributed by atoms with Gasteiger partial charge in [0.2, 0.25) is 5.91 Å². The Labute approximate surface area is 131 Å². The van der Waals surface area contributed by atoms with Gasteiger partial charge in [0.15, 0.2) is 0 Å². The van der Waals surface area contributed by atoms with Gasteiger partial charge in [0, 0.05) is 11.4 Å². The molecule has 2 rings (SSSR count). The molecular weight excluding hydrogens is 276 g/mol. The van der Waals surface area contributed by atoms with Crippen molar-refractivity contribution >= 4 is 17.3 Å². The number of nitrogen functional groups attached to an aromatic ring is 1. The molecule has 0 aliphatic heterocycles. The molecule has 1 amide bonds. The Kier molecular flexibility index (Phi) is 5.42. The first-order valence-electron chi connectivity index (χ1n) is 7.46. The van der Waals surface area contributed by atoms with E-state index in [1.54, 1.807) is 6.07 Å². The van der Waals surface area contributed by atoms with Crippen molar-refractivity contribution in [2.24, 2.45) is 0 Å². The van der Waals surface area contributed by atoms with E-state index in [0.29, 0.717) is 18.7 Å². The normalized spacial score (nSPS) is 10.3. The summed E-state index contributed by atoms with van der Waals surface area (Å²) >= 11 is 0. The number of nitrogens with one attached hydrogen (secondary N) is 1. The van der Waals surface area contributed by atoms with Crippen LogP contribution in [0.4, 0.5) is 11.4 Å². The molecule has 0 aromatic heterocycles. The highest BCUT2D eigenvalue weighted by Crippen LogP contribution is 2.18. The third-order valence-corrected chi connectivity index (χ3v) is 3.43. The Morgan fingerprint density at radius 2 is 2.05 bits per heavy atom. The van der Waals surface area contributed by atoms with Gasteiger partial charge < -0.3 is 15.8 Å². The fraction of sp³-hybridized carbons (Fsp3) is 0.278. The maximum Gasteiger partial charge on any atom is 0.227 e. The van der Waals surface area contributed by atoms with Crippen LogP contribution in [-0.4, -0.2) is 12.5 Å². The summed E-state index contributed by atoms with van der Waals surface area (Å²) in [6, 6.07) is 13.4. The van der Waals surface area contributed by atoms with Crippen LogP contribution in [0, 0.1) is 6.92 Å². The molecule has 0 atom stereocenters. The van der Waals surface area contributed by atoms with Gasteiger partial charge in [0.1, 0.15) is 5.75 Å². The Bertz CT molecular complexity index is 653. The summed E-state index contributed by atoms with van der Waals surface area (Å²) in [5.74, 6) is 0.732. The number of hydrogen-bond acceptors (Lipinski definition) is 3. The lowest BCUT2D eigenvalue weighted by Crippen LogP contribution is -2.16. The Balaban J connectivity index is 1.82. The van der Waals surface area contributed by atoms with Crippen molar-refractivity contribution in [3.63, 3.8) is 0 Å². The molecule has 116 valence electrons. The van der Waals surface area contributed by atoms with E-state index in [-0.39, 0.29) is 5.91 Å². The number of rotatable bonds is 6. The molecule has 0 spiro atoms. The molecule has 2 aromatic rings. The summed E-state index contributed by atoms with van der Waals surface area (Å²) in [6.45, 7) is 4.37. The number of ether oxygens (including phenoxy) is 1. The number of aryl methyl sites for hydroxylation is 2. The van der Waals surface area contributed by atoms with Crippen molar-refractivity contribution in [2.75, 3.05) is 17.7 Å². The quantitative estimate of drug-likeness (QED) is 0.802. The van der Waals surface area contributed by atoms with E-state index >= 15 is 0 Å². The average Bonchev–Trinajstić information content (AvgIpc) is 2.50. The first-order valence-corrected chi connectivity index (χ1v) is 7.46. The van der Waals surface area contributed by atoms with E-state index in [9.17, 15) is 4.79 Å². The van der Waals surface area contributed by atoms with Gasteiger partial charge in [-0.15, -0.1) is 0 Å². The SMILES string of the molecule is CCc1cccc(OCCC(=O)Nc2ccc(N)cc2C)c1. The lowest BCUT2D eigenvalue weighted by molar-refractivity contribution is -0.116.